The fraction of sp³-hybridized carbons (Fsp3) is 0.500. The molecule has 1 N–H and O–H groups in total. The minimum atomic E-state index is -0.165. The van der Waals surface area contributed by atoms with Crippen LogP contribution in [0.1, 0.15) is 36.0 Å². The van der Waals surface area contributed by atoms with E-state index in [9.17, 15) is 14.7 Å². The van der Waals surface area contributed by atoms with Crippen molar-refractivity contribution >= 4 is 11.8 Å². The van der Waals surface area contributed by atoms with Crippen molar-refractivity contribution in [3.8, 4) is 5.69 Å². The van der Waals surface area contributed by atoms with E-state index in [1.54, 1.807) is 10.9 Å². The lowest BCUT2D eigenvalue weighted by Gasteiger charge is -2.56. The molecule has 1 aromatic heterocycles. The van der Waals surface area contributed by atoms with Crippen LogP contribution in [-0.2, 0) is 4.79 Å². The summed E-state index contributed by atoms with van der Waals surface area (Å²) >= 11 is 0. The van der Waals surface area contributed by atoms with Crippen LogP contribution < -0.4 is 0 Å². The summed E-state index contributed by atoms with van der Waals surface area (Å²) in [7, 11) is 0. The Morgan fingerprint density at radius 2 is 1.97 bits per heavy atom. The van der Waals surface area contributed by atoms with E-state index >= 15 is 0 Å². The molecule has 3 aliphatic rings. The van der Waals surface area contributed by atoms with Gasteiger partial charge in [-0.3, -0.25) is 9.59 Å². The molecule has 4 heterocycles. The number of hydrogen-bond acceptors (Lipinski definition) is 4. The second kappa shape index (κ2) is 7.30. The van der Waals surface area contributed by atoms with Crippen LogP contribution in [-0.4, -0.2) is 68.3 Å². The van der Waals surface area contributed by atoms with Crippen molar-refractivity contribution in [1.82, 2.24) is 19.6 Å². The van der Waals surface area contributed by atoms with Gasteiger partial charge >= 0.3 is 0 Å². The molecular weight excluding hydrogens is 368 g/mol. The maximum atomic E-state index is 13.2. The van der Waals surface area contributed by atoms with Gasteiger partial charge in [0, 0.05) is 43.5 Å². The predicted molar refractivity (Wildman–Crippen MR) is 106 cm³/mol. The largest absolute Gasteiger partial charge is 0.394 e. The lowest BCUT2D eigenvalue weighted by molar-refractivity contribution is -0.154. The van der Waals surface area contributed by atoms with Gasteiger partial charge < -0.3 is 14.9 Å². The number of likely N-dealkylation sites (tertiary alicyclic amines) is 1. The van der Waals surface area contributed by atoms with Crippen molar-refractivity contribution in [3.05, 3.63) is 48.3 Å². The minimum absolute atomic E-state index is 0.0268. The van der Waals surface area contributed by atoms with Crippen LogP contribution in [0.25, 0.3) is 5.69 Å². The van der Waals surface area contributed by atoms with Crippen molar-refractivity contribution in [3.63, 3.8) is 0 Å². The second-order valence-corrected chi connectivity index (χ2v) is 8.47. The zero-order chi connectivity index (χ0) is 20.0. The Bertz CT molecular complexity index is 881. The van der Waals surface area contributed by atoms with Gasteiger partial charge in [0.15, 0.2) is 0 Å². The lowest BCUT2D eigenvalue weighted by Crippen LogP contribution is -2.66. The number of fused-ring (bicyclic) bond motifs is 4. The van der Waals surface area contributed by atoms with Gasteiger partial charge in [-0.2, -0.15) is 5.10 Å². The maximum Gasteiger partial charge on any atom is 0.253 e. The Labute approximate surface area is 169 Å². The summed E-state index contributed by atoms with van der Waals surface area (Å²) in [6.07, 6.45) is 7.04. The molecule has 0 spiro atoms. The van der Waals surface area contributed by atoms with Gasteiger partial charge in [0.25, 0.3) is 5.91 Å². The number of carbonyl (C=O) groups is 2. The summed E-state index contributed by atoms with van der Waals surface area (Å²) in [6, 6.07) is 9.37. The van der Waals surface area contributed by atoms with Gasteiger partial charge in [0.2, 0.25) is 5.91 Å². The third-order valence-corrected chi connectivity index (χ3v) is 6.85. The van der Waals surface area contributed by atoms with Crippen LogP contribution in [0.4, 0.5) is 0 Å². The summed E-state index contributed by atoms with van der Waals surface area (Å²) in [5.41, 5.74) is 1.58. The zero-order valence-electron chi connectivity index (χ0n) is 16.4. The fourth-order valence-electron chi connectivity index (χ4n) is 5.54. The standard InChI is InChI=1S/C22H26N4O3/c27-14-20-17-11-16(19-3-1-4-21(28)26(19)20)12-24(13-17)22(29)15-5-7-18(8-6-15)25-10-2-9-23-25/h2,5-10,16-17,19-20,27H,1,3-4,11-14H2/t16-,17+,19+,20+/m1/s1. The lowest BCUT2D eigenvalue weighted by atomic mass is 9.72. The molecule has 3 aliphatic heterocycles. The molecule has 3 fully saturated rings. The van der Waals surface area contributed by atoms with Gasteiger partial charge in [-0.15, -0.1) is 0 Å². The van der Waals surface area contributed by atoms with E-state index in [0.29, 0.717) is 31.0 Å². The number of amides is 2. The Kier molecular flexibility index (Phi) is 4.62. The first kappa shape index (κ1) is 18.4. The summed E-state index contributed by atoms with van der Waals surface area (Å²) in [6.45, 7) is 1.25. The summed E-state index contributed by atoms with van der Waals surface area (Å²) in [5, 5.41) is 14.2. The fourth-order valence-corrected chi connectivity index (χ4v) is 5.54. The summed E-state index contributed by atoms with van der Waals surface area (Å²) < 4.78 is 1.76. The van der Waals surface area contributed by atoms with Crippen LogP contribution in [0, 0.1) is 11.8 Å². The molecule has 7 heteroatoms. The maximum absolute atomic E-state index is 13.2. The summed E-state index contributed by atoms with van der Waals surface area (Å²) in [4.78, 5) is 29.6. The SMILES string of the molecule is O=C(c1ccc(-n2cccn2)cc1)N1C[C@H]2C[C@@H](C1)[C@H](CO)N1C(=O)CCC[C@@H]21. The van der Waals surface area contributed by atoms with Crippen LogP contribution in [0.15, 0.2) is 42.7 Å². The monoisotopic (exact) mass is 394 g/mol. The molecule has 2 amide bonds. The van der Waals surface area contributed by atoms with Crippen LogP contribution >= 0.6 is 0 Å². The number of aliphatic hydroxyl groups is 1. The molecule has 2 aromatic rings. The molecule has 4 atom stereocenters. The number of rotatable bonds is 3. The number of carbonyl (C=O) groups excluding carboxylic acids is 2. The van der Waals surface area contributed by atoms with E-state index in [1.807, 2.05) is 46.3 Å². The number of nitrogens with zero attached hydrogens (tertiary/aromatic N) is 4. The molecule has 1 aromatic carbocycles. The number of hydrogen-bond donors (Lipinski definition) is 1. The van der Waals surface area contributed by atoms with Crippen LogP contribution in [0.3, 0.4) is 0 Å². The first-order valence-corrected chi connectivity index (χ1v) is 10.5. The molecule has 5 rings (SSSR count). The van der Waals surface area contributed by atoms with E-state index in [-0.39, 0.29) is 36.4 Å². The molecular formula is C22H26N4O3. The molecule has 0 saturated carbocycles. The van der Waals surface area contributed by atoms with Crippen molar-refractivity contribution in [2.75, 3.05) is 19.7 Å². The molecule has 0 aliphatic carbocycles. The molecule has 152 valence electrons. The average molecular weight is 394 g/mol. The van der Waals surface area contributed by atoms with E-state index < -0.39 is 0 Å². The first-order valence-electron chi connectivity index (χ1n) is 10.5. The molecule has 7 nitrogen and oxygen atoms in total. The number of benzene rings is 1. The molecule has 29 heavy (non-hydrogen) atoms. The van der Waals surface area contributed by atoms with E-state index in [1.165, 1.54) is 0 Å². The highest BCUT2D eigenvalue weighted by molar-refractivity contribution is 5.94. The number of piperidine rings is 3. The molecule has 3 saturated heterocycles. The minimum Gasteiger partial charge on any atom is -0.394 e. The smallest absolute Gasteiger partial charge is 0.253 e. The normalized spacial score (nSPS) is 28.9. The van der Waals surface area contributed by atoms with E-state index in [4.69, 9.17) is 0 Å². The van der Waals surface area contributed by atoms with Crippen LogP contribution in [0.5, 0.6) is 0 Å². The third-order valence-electron chi connectivity index (χ3n) is 6.85. The Hall–Kier alpha value is -2.67. The highest BCUT2D eigenvalue weighted by Gasteiger charge is 2.49. The van der Waals surface area contributed by atoms with Gasteiger partial charge in [0.1, 0.15) is 0 Å². The van der Waals surface area contributed by atoms with Crippen molar-refractivity contribution in [2.45, 2.75) is 37.8 Å². The number of aliphatic hydroxyl groups excluding tert-OH is 1. The molecule has 2 bridgehead atoms. The van der Waals surface area contributed by atoms with Crippen molar-refractivity contribution < 1.29 is 14.7 Å². The highest BCUT2D eigenvalue weighted by Crippen LogP contribution is 2.41. The van der Waals surface area contributed by atoms with Crippen LogP contribution in [0.2, 0.25) is 0 Å². The van der Waals surface area contributed by atoms with E-state index in [2.05, 4.69) is 5.10 Å². The Balaban J connectivity index is 1.36. The highest BCUT2D eigenvalue weighted by atomic mass is 16.3. The van der Waals surface area contributed by atoms with Gasteiger partial charge in [-0.05, 0) is 61.4 Å². The Morgan fingerprint density at radius 1 is 1.17 bits per heavy atom. The molecule has 0 unspecified atom stereocenters. The topological polar surface area (TPSA) is 78.7 Å². The van der Waals surface area contributed by atoms with Gasteiger partial charge in [0.05, 0.1) is 18.3 Å². The molecule has 0 radical (unpaired) electrons. The third kappa shape index (κ3) is 3.13. The van der Waals surface area contributed by atoms with Crippen molar-refractivity contribution in [2.24, 2.45) is 11.8 Å². The average Bonchev–Trinajstić information content (AvgIpc) is 3.29. The second-order valence-electron chi connectivity index (χ2n) is 8.47. The first-order chi connectivity index (χ1) is 14.2. The van der Waals surface area contributed by atoms with Gasteiger partial charge in [-0.25, -0.2) is 4.68 Å². The van der Waals surface area contributed by atoms with E-state index in [0.717, 1.165) is 24.9 Å². The van der Waals surface area contributed by atoms with Crippen molar-refractivity contribution in [1.29, 1.82) is 0 Å². The Morgan fingerprint density at radius 3 is 2.69 bits per heavy atom. The quantitative estimate of drug-likeness (QED) is 0.860. The predicted octanol–water partition coefficient (Wildman–Crippen LogP) is 1.71. The summed E-state index contributed by atoms with van der Waals surface area (Å²) in [5.74, 6) is 0.639. The van der Waals surface area contributed by atoms with Gasteiger partial charge in [-0.1, -0.05) is 0 Å². The zero-order valence-corrected chi connectivity index (χ0v) is 16.4. The number of aromatic nitrogens is 2.